The topological polar surface area (TPSA) is 32.3 Å². The highest BCUT2D eigenvalue weighted by atomic mass is 16.2. The molecule has 1 N–H and O–H groups in total. The van der Waals surface area contributed by atoms with E-state index in [9.17, 15) is 4.79 Å². The molecule has 1 rings (SSSR count). The molecular formula is C9H16N2O. The number of amides is 2. The fourth-order valence-corrected chi connectivity index (χ4v) is 1.50. The molecular weight excluding hydrogens is 152 g/mol. The zero-order valence-electron chi connectivity index (χ0n) is 7.92. The molecule has 0 bridgehead atoms. The van der Waals surface area contributed by atoms with Crippen molar-refractivity contribution in [3.63, 3.8) is 0 Å². The van der Waals surface area contributed by atoms with Gasteiger partial charge < -0.3 is 5.32 Å². The van der Waals surface area contributed by atoms with Gasteiger partial charge in [0.1, 0.15) is 0 Å². The standard InChI is InChI=1S/C9H16N2O/c1-5-8-7(4)11(6(2)3)9(12)10-8/h6,8H,4-5H2,1-3H3,(H,10,12). The fraction of sp³-hybridized carbons (Fsp3) is 0.667. The summed E-state index contributed by atoms with van der Waals surface area (Å²) < 4.78 is 0. The molecule has 1 unspecified atom stereocenters. The number of urea groups is 1. The number of carbonyl (C=O) groups excluding carboxylic acids is 1. The molecule has 1 fully saturated rings. The van der Waals surface area contributed by atoms with E-state index >= 15 is 0 Å². The molecule has 3 heteroatoms. The number of hydrogen-bond donors (Lipinski definition) is 1. The van der Waals surface area contributed by atoms with Gasteiger partial charge in [0.15, 0.2) is 0 Å². The van der Waals surface area contributed by atoms with Crippen LogP contribution >= 0.6 is 0 Å². The van der Waals surface area contributed by atoms with Gasteiger partial charge in [-0.2, -0.15) is 0 Å². The molecule has 1 saturated heterocycles. The Bertz CT molecular complexity index is 211. The third-order valence-electron chi connectivity index (χ3n) is 2.15. The van der Waals surface area contributed by atoms with E-state index in [1.54, 1.807) is 4.90 Å². The molecule has 68 valence electrons. The molecule has 1 aliphatic rings. The Morgan fingerprint density at radius 2 is 2.25 bits per heavy atom. The van der Waals surface area contributed by atoms with Gasteiger partial charge in [0.2, 0.25) is 0 Å². The van der Waals surface area contributed by atoms with E-state index in [1.807, 2.05) is 20.8 Å². The molecule has 1 aliphatic heterocycles. The van der Waals surface area contributed by atoms with Crippen LogP contribution in [0.2, 0.25) is 0 Å². The maximum Gasteiger partial charge on any atom is 0.322 e. The molecule has 3 nitrogen and oxygen atoms in total. The first-order chi connectivity index (χ1) is 5.57. The van der Waals surface area contributed by atoms with Gasteiger partial charge in [-0.05, 0) is 20.3 Å². The van der Waals surface area contributed by atoms with Crippen LogP contribution in [0.15, 0.2) is 12.3 Å². The lowest BCUT2D eigenvalue weighted by Crippen LogP contribution is -2.33. The highest BCUT2D eigenvalue weighted by molar-refractivity contribution is 5.80. The summed E-state index contributed by atoms with van der Waals surface area (Å²) in [5.74, 6) is 0. The van der Waals surface area contributed by atoms with Crippen LogP contribution in [0, 0.1) is 0 Å². The Balaban J connectivity index is 2.77. The van der Waals surface area contributed by atoms with Gasteiger partial charge in [0.05, 0.1) is 6.04 Å². The van der Waals surface area contributed by atoms with Crippen molar-refractivity contribution in [3.8, 4) is 0 Å². The molecule has 0 aromatic rings. The highest BCUT2D eigenvalue weighted by Gasteiger charge is 2.32. The minimum atomic E-state index is -0.0122. The quantitative estimate of drug-likeness (QED) is 0.669. The van der Waals surface area contributed by atoms with Crippen LogP contribution in [0.3, 0.4) is 0 Å². The summed E-state index contributed by atoms with van der Waals surface area (Å²) >= 11 is 0. The monoisotopic (exact) mass is 168 g/mol. The first kappa shape index (κ1) is 9.10. The zero-order valence-corrected chi connectivity index (χ0v) is 7.92. The van der Waals surface area contributed by atoms with Crippen LogP contribution in [-0.2, 0) is 0 Å². The first-order valence-electron chi connectivity index (χ1n) is 4.36. The molecule has 1 atom stereocenters. The van der Waals surface area contributed by atoms with E-state index in [0.717, 1.165) is 12.1 Å². The van der Waals surface area contributed by atoms with Crippen molar-refractivity contribution >= 4 is 6.03 Å². The minimum absolute atomic E-state index is 0.0122. The van der Waals surface area contributed by atoms with Crippen molar-refractivity contribution in [2.24, 2.45) is 0 Å². The van der Waals surface area contributed by atoms with Crippen LogP contribution < -0.4 is 5.32 Å². The Labute approximate surface area is 73.4 Å². The summed E-state index contributed by atoms with van der Waals surface area (Å²) in [5.41, 5.74) is 0.900. The normalized spacial score (nSPS) is 23.7. The van der Waals surface area contributed by atoms with Gasteiger partial charge in [-0.15, -0.1) is 0 Å². The summed E-state index contributed by atoms with van der Waals surface area (Å²) in [6.07, 6.45) is 0.911. The van der Waals surface area contributed by atoms with Gasteiger partial charge in [-0.3, -0.25) is 4.90 Å². The highest BCUT2D eigenvalue weighted by Crippen LogP contribution is 2.20. The average Bonchev–Trinajstić information content (AvgIpc) is 2.25. The smallest absolute Gasteiger partial charge is 0.322 e. The van der Waals surface area contributed by atoms with Crippen LogP contribution in [0.4, 0.5) is 4.79 Å². The largest absolute Gasteiger partial charge is 0.329 e. The second kappa shape index (κ2) is 3.17. The summed E-state index contributed by atoms with van der Waals surface area (Å²) in [7, 11) is 0. The Hall–Kier alpha value is -0.990. The molecule has 1 heterocycles. The Morgan fingerprint density at radius 3 is 2.50 bits per heavy atom. The second-order valence-corrected chi connectivity index (χ2v) is 3.37. The Kier molecular flexibility index (Phi) is 2.40. The molecule has 0 spiro atoms. The van der Waals surface area contributed by atoms with Crippen molar-refractivity contribution in [2.45, 2.75) is 39.3 Å². The molecule has 0 saturated carbocycles. The van der Waals surface area contributed by atoms with Crippen molar-refractivity contribution in [1.29, 1.82) is 0 Å². The zero-order chi connectivity index (χ0) is 9.30. The Morgan fingerprint density at radius 1 is 1.67 bits per heavy atom. The van der Waals surface area contributed by atoms with Crippen LogP contribution in [0.5, 0.6) is 0 Å². The summed E-state index contributed by atoms with van der Waals surface area (Å²) in [6, 6.07) is 0.329. The molecule has 0 radical (unpaired) electrons. The lowest BCUT2D eigenvalue weighted by molar-refractivity contribution is 0.214. The third kappa shape index (κ3) is 1.31. The van der Waals surface area contributed by atoms with Gasteiger partial charge >= 0.3 is 6.03 Å². The van der Waals surface area contributed by atoms with Crippen molar-refractivity contribution in [2.75, 3.05) is 0 Å². The molecule has 12 heavy (non-hydrogen) atoms. The van der Waals surface area contributed by atoms with Crippen molar-refractivity contribution in [1.82, 2.24) is 10.2 Å². The molecule has 0 aliphatic carbocycles. The van der Waals surface area contributed by atoms with Gasteiger partial charge in [0, 0.05) is 11.7 Å². The fourth-order valence-electron chi connectivity index (χ4n) is 1.50. The number of nitrogens with one attached hydrogen (secondary N) is 1. The summed E-state index contributed by atoms with van der Waals surface area (Å²) in [6.45, 7) is 9.92. The summed E-state index contributed by atoms with van der Waals surface area (Å²) in [4.78, 5) is 13.1. The average molecular weight is 168 g/mol. The maximum atomic E-state index is 11.3. The van der Waals surface area contributed by atoms with E-state index in [2.05, 4.69) is 11.9 Å². The van der Waals surface area contributed by atoms with Crippen LogP contribution in [0.25, 0.3) is 0 Å². The van der Waals surface area contributed by atoms with Gasteiger partial charge in [-0.1, -0.05) is 13.5 Å². The van der Waals surface area contributed by atoms with E-state index in [0.29, 0.717) is 0 Å². The van der Waals surface area contributed by atoms with E-state index in [4.69, 9.17) is 0 Å². The van der Waals surface area contributed by atoms with Crippen LogP contribution in [0.1, 0.15) is 27.2 Å². The molecule has 2 amide bonds. The first-order valence-corrected chi connectivity index (χ1v) is 4.36. The summed E-state index contributed by atoms with van der Waals surface area (Å²) in [5, 5.41) is 2.87. The number of hydrogen-bond acceptors (Lipinski definition) is 1. The lowest BCUT2D eigenvalue weighted by atomic mass is 10.2. The van der Waals surface area contributed by atoms with Crippen molar-refractivity contribution in [3.05, 3.63) is 12.3 Å². The maximum absolute atomic E-state index is 11.3. The SMILES string of the molecule is C=C1C(CC)NC(=O)N1C(C)C. The number of nitrogens with zero attached hydrogens (tertiary/aromatic N) is 1. The van der Waals surface area contributed by atoms with E-state index in [-0.39, 0.29) is 18.1 Å². The van der Waals surface area contributed by atoms with Gasteiger partial charge in [0.25, 0.3) is 0 Å². The molecule has 0 aromatic heterocycles. The van der Waals surface area contributed by atoms with E-state index in [1.165, 1.54) is 0 Å². The molecule has 0 aromatic carbocycles. The lowest BCUT2D eigenvalue weighted by Gasteiger charge is -2.20. The van der Waals surface area contributed by atoms with Crippen LogP contribution in [-0.4, -0.2) is 23.0 Å². The predicted octanol–water partition coefficient (Wildman–Crippen LogP) is 1.71. The number of carbonyl (C=O) groups is 1. The van der Waals surface area contributed by atoms with Crippen molar-refractivity contribution < 1.29 is 4.79 Å². The van der Waals surface area contributed by atoms with Gasteiger partial charge in [-0.25, -0.2) is 4.79 Å². The second-order valence-electron chi connectivity index (χ2n) is 3.37. The third-order valence-corrected chi connectivity index (χ3v) is 2.15. The predicted molar refractivity (Wildman–Crippen MR) is 48.7 cm³/mol. The number of rotatable bonds is 2. The minimum Gasteiger partial charge on any atom is -0.329 e. The van der Waals surface area contributed by atoms with E-state index < -0.39 is 0 Å².